The van der Waals surface area contributed by atoms with E-state index in [0.717, 1.165) is 31.5 Å². The quantitative estimate of drug-likeness (QED) is 0.302. The van der Waals surface area contributed by atoms with Crippen LogP contribution in [0.25, 0.3) is 0 Å². The van der Waals surface area contributed by atoms with Crippen molar-refractivity contribution in [2.24, 2.45) is 5.92 Å². The lowest BCUT2D eigenvalue weighted by Gasteiger charge is -2.37. The average Bonchev–Trinajstić information content (AvgIpc) is 2.79. The highest BCUT2D eigenvalue weighted by atomic mass is 16.5. The van der Waals surface area contributed by atoms with Gasteiger partial charge < -0.3 is 30.5 Å². The van der Waals surface area contributed by atoms with Gasteiger partial charge in [-0.2, -0.15) is 0 Å². The molecule has 34 heavy (non-hydrogen) atoms. The first-order valence-corrected chi connectivity index (χ1v) is 11.3. The predicted molar refractivity (Wildman–Crippen MR) is 127 cm³/mol. The highest BCUT2D eigenvalue weighted by Crippen LogP contribution is 2.26. The summed E-state index contributed by atoms with van der Waals surface area (Å²) in [4.78, 5) is 25.2. The molecule has 182 valence electrons. The van der Waals surface area contributed by atoms with E-state index in [-0.39, 0.29) is 35.8 Å². The van der Waals surface area contributed by atoms with Crippen LogP contribution in [0.1, 0.15) is 46.8 Å². The summed E-state index contributed by atoms with van der Waals surface area (Å²) in [5, 5.41) is 52.1. The number of para-hydroxylation sites is 1. The Hall–Kier alpha value is -2.76. The van der Waals surface area contributed by atoms with Crippen molar-refractivity contribution in [3.05, 3.63) is 69.9 Å². The van der Waals surface area contributed by atoms with Gasteiger partial charge in [0.2, 0.25) is 0 Å². The van der Waals surface area contributed by atoms with Gasteiger partial charge in [-0.3, -0.25) is 9.69 Å². The van der Waals surface area contributed by atoms with E-state index < -0.39 is 24.8 Å². The van der Waals surface area contributed by atoms with E-state index in [1.807, 2.05) is 12.1 Å². The summed E-state index contributed by atoms with van der Waals surface area (Å²) >= 11 is 0. The van der Waals surface area contributed by atoms with E-state index in [4.69, 9.17) is 5.11 Å². The van der Waals surface area contributed by atoms with E-state index in [2.05, 4.69) is 4.90 Å². The lowest BCUT2D eigenvalue weighted by molar-refractivity contribution is -0.122. The Morgan fingerprint density at radius 1 is 1.18 bits per heavy atom. The molecule has 1 aliphatic heterocycles. The molecule has 0 radical (unpaired) electrons. The molecule has 0 bridgehead atoms. The third-order valence-corrected chi connectivity index (χ3v) is 6.34. The highest BCUT2D eigenvalue weighted by Gasteiger charge is 2.27. The molecule has 4 N–H and O–H groups in total. The molecule has 2 aromatic rings. The van der Waals surface area contributed by atoms with E-state index in [0.29, 0.717) is 17.2 Å². The number of aromatic carboxylic acids is 1. The number of carboxylic acids is 1. The summed E-state index contributed by atoms with van der Waals surface area (Å²) in [5.74, 6) is -2.81. The van der Waals surface area contributed by atoms with E-state index in [1.165, 1.54) is 18.2 Å². The number of aromatic hydroxyl groups is 1. The van der Waals surface area contributed by atoms with Crippen molar-refractivity contribution in [2.45, 2.75) is 45.2 Å². The van der Waals surface area contributed by atoms with Crippen LogP contribution >= 0.6 is 0 Å². The summed E-state index contributed by atoms with van der Waals surface area (Å²) in [6, 6.07) is 11.5. The molecule has 0 saturated carbocycles. The molecular formula is C24H30BN2O7-. The van der Waals surface area contributed by atoms with Gasteiger partial charge in [0, 0.05) is 31.5 Å². The standard InChI is InChI=1S/C24H30BN2O7/c1-16(28)20-5-3-11-26(15-20)13-17-7-9-18(10-8-17)14-27(34)22(25(32)33)12-19-4-2-6-21(23(19)29)24(30)31/h2,4,6-10,20,22,29,32-33H,3,5,11-15H2,1H3,(H,30,31)/q-1. The van der Waals surface area contributed by atoms with Crippen LogP contribution in [0.4, 0.5) is 0 Å². The zero-order valence-electron chi connectivity index (χ0n) is 19.1. The third-order valence-electron chi connectivity index (χ3n) is 6.34. The summed E-state index contributed by atoms with van der Waals surface area (Å²) in [6.45, 7) is 3.92. The number of hydrogen-bond donors (Lipinski definition) is 4. The Morgan fingerprint density at radius 3 is 2.47 bits per heavy atom. The van der Waals surface area contributed by atoms with Crippen molar-refractivity contribution < 1.29 is 29.9 Å². The van der Waals surface area contributed by atoms with Crippen molar-refractivity contribution in [3.63, 3.8) is 0 Å². The Morgan fingerprint density at radius 2 is 1.85 bits per heavy atom. The van der Waals surface area contributed by atoms with Gasteiger partial charge in [0.25, 0.3) is 0 Å². The summed E-state index contributed by atoms with van der Waals surface area (Å²) in [6.07, 6.45) is 1.68. The number of hydrogen-bond acceptors (Lipinski definition) is 8. The first kappa shape index (κ1) is 25.9. The molecule has 1 heterocycles. The number of hydroxylamine groups is 2. The maximum absolute atomic E-state index is 12.7. The molecule has 2 unspecified atom stereocenters. The van der Waals surface area contributed by atoms with Gasteiger partial charge in [0.15, 0.2) is 0 Å². The Labute approximate surface area is 199 Å². The number of likely N-dealkylation sites (tertiary alicyclic amines) is 1. The number of carbonyl (C=O) groups excluding carboxylic acids is 1. The molecule has 0 aromatic heterocycles. The van der Waals surface area contributed by atoms with Gasteiger partial charge in [-0.25, -0.2) is 4.79 Å². The number of rotatable bonds is 10. The molecule has 1 aliphatic rings. The monoisotopic (exact) mass is 469 g/mol. The number of ketones is 1. The van der Waals surface area contributed by atoms with Crippen molar-refractivity contribution in [3.8, 4) is 5.75 Å². The van der Waals surface area contributed by atoms with Crippen LogP contribution in [-0.4, -0.2) is 68.1 Å². The molecule has 2 atom stereocenters. The molecule has 10 heteroatoms. The van der Waals surface area contributed by atoms with Crippen LogP contribution in [-0.2, 0) is 24.3 Å². The number of Topliss-reactive ketones (excluding diaryl/α,β-unsaturated/α-hetero) is 1. The molecule has 3 rings (SSSR count). The SMILES string of the molecule is CC(=O)C1CCCN(Cc2ccc(CN([O-])C(Cc3cccc(C(=O)O)c3O)B(O)O)cc2)C1. The van der Waals surface area contributed by atoms with E-state index in [1.54, 1.807) is 19.1 Å². The minimum atomic E-state index is -1.99. The van der Waals surface area contributed by atoms with Gasteiger partial charge in [0.05, 0.1) is 0 Å². The Balaban J connectivity index is 1.63. The summed E-state index contributed by atoms with van der Waals surface area (Å²) < 4.78 is 0. The van der Waals surface area contributed by atoms with Crippen molar-refractivity contribution in [1.82, 2.24) is 9.96 Å². The average molecular weight is 469 g/mol. The van der Waals surface area contributed by atoms with Crippen LogP contribution < -0.4 is 0 Å². The second-order valence-electron chi connectivity index (χ2n) is 8.88. The number of carboxylic acid groups (broad SMARTS) is 1. The molecule has 9 nitrogen and oxygen atoms in total. The zero-order valence-corrected chi connectivity index (χ0v) is 19.1. The van der Waals surface area contributed by atoms with Crippen LogP contribution in [0, 0.1) is 11.1 Å². The largest absolute Gasteiger partial charge is 0.785 e. The van der Waals surface area contributed by atoms with Crippen LogP contribution in [0.2, 0.25) is 0 Å². The highest BCUT2D eigenvalue weighted by molar-refractivity contribution is 6.43. The number of benzene rings is 2. The third kappa shape index (κ3) is 6.65. The van der Waals surface area contributed by atoms with E-state index in [9.17, 15) is 30.0 Å². The zero-order chi connectivity index (χ0) is 24.8. The minimum absolute atomic E-state index is 0.0829. The molecule has 0 spiro atoms. The molecular weight excluding hydrogens is 439 g/mol. The molecule has 1 fully saturated rings. The topological polar surface area (TPSA) is 145 Å². The number of carbonyl (C=O) groups is 2. The maximum Gasteiger partial charge on any atom is 0.469 e. The second kappa shape index (κ2) is 11.6. The fraction of sp³-hybridized carbons (Fsp3) is 0.417. The Bertz CT molecular complexity index is 999. The first-order chi connectivity index (χ1) is 16.2. The minimum Gasteiger partial charge on any atom is -0.785 e. The van der Waals surface area contributed by atoms with Crippen LogP contribution in [0.15, 0.2) is 42.5 Å². The van der Waals surface area contributed by atoms with Gasteiger partial charge in [-0.05, 0) is 55.5 Å². The number of phenols is 1. The number of nitrogens with zero attached hydrogens (tertiary/aromatic N) is 2. The van der Waals surface area contributed by atoms with Crippen LogP contribution in [0.3, 0.4) is 0 Å². The second-order valence-corrected chi connectivity index (χ2v) is 8.88. The van der Waals surface area contributed by atoms with Crippen molar-refractivity contribution in [1.29, 1.82) is 0 Å². The number of piperidine rings is 1. The smallest absolute Gasteiger partial charge is 0.469 e. The lowest BCUT2D eigenvalue weighted by Crippen LogP contribution is -2.45. The van der Waals surface area contributed by atoms with Gasteiger partial charge in [0.1, 0.15) is 17.1 Å². The molecule has 0 aliphatic carbocycles. The Kier molecular flexibility index (Phi) is 8.81. The fourth-order valence-electron chi connectivity index (χ4n) is 4.35. The van der Waals surface area contributed by atoms with Gasteiger partial charge in [-0.1, -0.05) is 36.4 Å². The van der Waals surface area contributed by atoms with Crippen molar-refractivity contribution in [2.75, 3.05) is 13.1 Å². The molecule has 1 saturated heterocycles. The summed E-state index contributed by atoms with van der Waals surface area (Å²) in [5.41, 5.74) is 1.55. The predicted octanol–water partition coefficient (Wildman–Crippen LogP) is 1.81. The van der Waals surface area contributed by atoms with Crippen molar-refractivity contribution >= 4 is 18.9 Å². The van der Waals surface area contributed by atoms with Crippen LogP contribution in [0.5, 0.6) is 5.75 Å². The van der Waals surface area contributed by atoms with Gasteiger partial charge in [-0.15, -0.1) is 0 Å². The maximum atomic E-state index is 12.7. The lowest BCUT2D eigenvalue weighted by atomic mass is 9.75. The normalized spacial score (nSPS) is 17.5. The first-order valence-electron chi connectivity index (χ1n) is 11.3. The molecule has 2 aromatic carbocycles. The summed E-state index contributed by atoms with van der Waals surface area (Å²) in [7, 11) is -1.99. The fourth-order valence-corrected chi connectivity index (χ4v) is 4.35. The van der Waals surface area contributed by atoms with E-state index >= 15 is 0 Å². The van der Waals surface area contributed by atoms with Gasteiger partial charge >= 0.3 is 13.1 Å². The molecule has 0 amide bonds.